The van der Waals surface area contributed by atoms with Gasteiger partial charge in [-0.25, -0.2) is 4.79 Å². The van der Waals surface area contributed by atoms with Gasteiger partial charge in [-0.05, 0) is 42.0 Å². The molecule has 0 aliphatic rings. The number of hydrogen-bond acceptors (Lipinski definition) is 3. The molecular weight excluding hydrogens is 296 g/mol. The molecule has 5 heteroatoms. The Labute approximate surface area is 125 Å². The number of rotatable bonds is 4. The van der Waals surface area contributed by atoms with Crippen LogP contribution in [0, 0.1) is 0 Å². The summed E-state index contributed by atoms with van der Waals surface area (Å²) in [4.78, 5) is 12.0. The smallest absolute Gasteiger partial charge is 0.337 e. The summed E-state index contributed by atoms with van der Waals surface area (Å²) in [5, 5.41) is 0.619. The number of ether oxygens (including phenoxy) is 1. The van der Waals surface area contributed by atoms with E-state index in [1.54, 1.807) is 48.5 Å². The molecule has 2 aromatic carbocycles. The molecule has 20 heavy (non-hydrogen) atoms. The third kappa shape index (κ3) is 3.68. The van der Waals surface area contributed by atoms with Gasteiger partial charge in [-0.15, -0.1) is 0 Å². The number of carbonyl (C=O) groups is 1. The Morgan fingerprint density at radius 3 is 2.25 bits per heavy atom. The van der Waals surface area contributed by atoms with E-state index in [-0.39, 0.29) is 5.97 Å². The minimum atomic E-state index is -1.14. The highest BCUT2D eigenvalue weighted by Gasteiger charge is 2.08. The Hall–Kier alpha value is -1.65. The summed E-state index contributed by atoms with van der Waals surface area (Å²) in [5.74, 6) is 0.0127. The SMILES string of the molecule is COC(=O)c1ccc(CS(=O)c2ccc(Cl)cc2)cc1. The van der Waals surface area contributed by atoms with Crippen molar-refractivity contribution in [1.82, 2.24) is 0 Å². The molecule has 0 aliphatic heterocycles. The van der Waals surface area contributed by atoms with Gasteiger partial charge < -0.3 is 4.74 Å². The molecule has 0 heterocycles. The van der Waals surface area contributed by atoms with Crippen molar-refractivity contribution in [2.45, 2.75) is 10.6 Å². The number of benzene rings is 2. The van der Waals surface area contributed by atoms with Crippen molar-refractivity contribution in [2.24, 2.45) is 0 Å². The first-order chi connectivity index (χ1) is 9.60. The summed E-state index contributed by atoms with van der Waals surface area (Å²) in [6, 6.07) is 13.8. The Morgan fingerprint density at radius 1 is 1.10 bits per heavy atom. The average molecular weight is 309 g/mol. The van der Waals surface area contributed by atoms with E-state index in [1.807, 2.05) is 0 Å². The highest BCUT2D eigenvalue weighted by Crippen LogP contribution is 2.16. The molecule has 0 aromatic heterocycles. The van der Waals surface area contributed by atoms with Crippen LogP contribution in [-0.2, 0) is 21.3 Å². The molecule has 2 aromatic rings. The minimum absolute atomic E-state index is 0.379. The average Bonchev–Trinajstić information content (AvgIpc) is 2.48. The number of hydrogen-bond donors (Lipinski definition) is 0. The minimum Gasteiger partial charge on any atom is -0.465 e. The first-order valence-electron chi connectivity index (χ1n) is 5.91. The molecule has 1 unspecified atom stereocenters. The van der Waals surface area contributed by atoms with Crippen LogP contribution in [-0.4, -0.2) is 17.3 Å². The molecule has 0 bridgehead atoms. The van der Waals surface area contributed by atoms with Gasteiger partial charge in [-0.1, -0.05) is 23.7 Å². The van der Waals surface area contributed by atoms with Gasteiger partial charge >= 0.3 is 5.97 Å². The largest absolute Gasteiger partial charge is 0.465 e. The van der Waals surface area contributed by atoms with Crippen molar-refractivity contribution >= 4 is 28.4 Å². The van der Waals surface area contributed by atoms with Crippen molar-refractivity contribution < 1.29 is 13.7 Å². The predicted octanol–water partition coefficient (Wildman–Crippen LogP) is 3.43. The molecule has 0 saturated heterocycles. The van der Waals surface area contributed by atoms with Crippen molar-refractivity contribution in [3.8, 4) is 0 Å². The van der Waals surface area contributed by atoms with Crippen molar-refractivity contribution in [3.05, 3.63) is 64.7 Å². The van der Waals surface area contributed by atoms with Crippen LogP contribution in [0.3, 0.4) is 0 Å². The Morgan fingerprint density at radius 2 is 1.70 bits per heavy atom. The molecule has 0 amide bonds. The standard InChI is InChI=1S/C15H13ClO3S/c1-19-15(17)12-4-2-11(3-5-12)10-20(18)14-8-6-13(16)7-9-14/h2-9H,10H2,1H3. The molecule has 104 valence electrons. The summed E-state index contributed by atoms with van der Waals surface area (Å²) >= 11 is 5.79. The number of methoxy groups -OCH3 is 1. The fourth-order valence-corrected chi connectivity index (χ4v) is 2.90. The highest BCUT2D eigenvalue weighted by atomic mass is 35.5. The van der Waals surface area contributed by atoms with Gasteiger partial charge in [0, 0.05) is 9.92 Å². The van der Waals surface area contributed by atoms with E-state index in [9.17, 15) is 9.00 Å². The van der Waals surface area contributed by atoms with E-state index >= 15 is 0 Å². The van der Waals surface area contributed by atoms with Crippen molar-refractivity contribution in [1.29, 1.82) is 0 Å². The van der Waals surface area contributed by atoms with E-state index in [0.29, 0.717) is 16.3 Å². The van der Waals surface area contributed by atoms with E-state index < -0.39 is 10.8 Å². The number of esters is 1. The quantitative estimate of drug-likeness (QED) is 0.813. The highest BCUT2D eigenvalue weighted by molar-refractivity contribution is 7.84. The monoisotopic (exact) mass is 308 g/mol. The van der Waals surface area contributed by atoms with Crippen LogP contribution in [0.25, 0.3) is 0 Å². The molecule has 3 nitrogen and oxygen atoms in total. The topological polar surface area (TPSA) is 43.4 Å². The maximum atomic E-state index is 12.2. The normalized spacial score (nSPS) is 11.9. The van der Waals surface area contributed by atoms with Crippen LogP contribution in [0.15, 0.2) is 53.4 Å². The third-order valence-electron chi connectivity index (χ3n) is 2.75. The zero-order valence-electron chi connectivity index (χ0n) is 10.8. The lowest BCUT2D eigenvalue weighted by atomic mass is 10.1. The second kappa shape index (κ2) is 6.68. The van der Waals surface area contributed by atoms with E-state index in [0.717, 1.165) is 10.5 Å². The molecule has 0 fully saturated rings. The molecule has 0 N–H and O–H groups in total. The van der Waals surface area contributed by atoms with Gasteiger partial charge in [0.1, 0.15) is 0 Å². The molecule has 1 atom stereocenters. The van der Waals surface area contributed by atoms with Crippen molar-refractivity contribution in [2.75, 3.05) is 7.11 Å². The summed E-state index contributed by atoms with van der Waals surface area (Å²) < 4.78 is 16.8. The zero-order chi connectivity index (χ0) is 14.5. The Kier molecular flexibility index (Phi) is 4.93. The third-order valence-corrected chi connectivity index (χ3v) is 4.39. The summed E-state index contributed by atoms with van der Waals surface area (Å²) in [7, 11) is 0.203. The Bertz CT molecular complexity index is 621. The van der Waals surface area contributed by atoms with E-state index in [2.05, 4.69) is 4.74 Å². The lowest BCUT2D eigenvalue weighted by Gasteiger charge is -2.04. The molecule has 0 aliphatic carbocycles. The van der Waals surface area contributed by atoms with E-state index in [4.69, 9.17) is 11.6 Å². The van der Waals surface area contributed by atoms with Gasteiger partial charge in [0.2, 0.25) is 0 Å². The fraction of sp³-hybridized carbons (Fsp3) is 0.133. The predicted molar refractivity (Wildman–Crippen MR) is 79.3 cm³/mol. The maximum absolute atomic E-state index is 12.2. The first-order valence-corrected chi connectivity index (χ1v) is 7.61. The number of carbonyl (C=O) groups excluding carboxylic acids is 1. The molecule has 0 radical (unpaired) electrons. The second-order valence-corrected chi connectivity index (χ2v) is 6.02. The lowest BCUT2D eigenvalue weighted by Crippen LogP contribution is -2.02. The lowest BCUT2D eigenvalue weighted by molar-refractivity contribution is 0.0600. The van der Waals surface area contributed by atoms with Gasteiger partial charge in [0.15, 0.2) is 0 Å². The molecular formula is C15H13ClO3S. The second-order valence-electron chi connectivity index (χ2n) is 4.13. The summed E-state index contributed by atoms with van der Waals surface area (Å²) in [5.41, 5.74) is 1.37. The molecule has 0 spiro atoms. The van der Waals surface area contributed by atoms with Crippen LogP contribution in [0.2, 0.25) is 5.02 Å². The van der Waals surface area contributed by atoms with Crippen LogP contribution in [0.5, 0.6) is 0 Å². The number of halogens is 1. The summed E-state index contributed by atoms with van der Waals surface area (Å²) in [6.45, 7) is 0. The van der Waals surface area contributed by atoms with Crippen LogP contribution in [0.1, 0.15) is 15.9 Å². The maximum Gasteiger partial charge on any atom is 0.337 e. The van der Waals surface area contributed by atoms with E-state index in [1.165, 1.54) is 7.11 Å². The van der Waals surface area contributed by atoms with Gasteiger partial charge in [-0.3, -0.25) is 4.21 Å². The van der Waals surface area contributed by atoms with Crippen LogP contribution in [0.4, 0.5) is 0 Å². The van der Waals surface area contributed by atoms with Gasteiger partial charge in [-0.2, -0.15) is 0 Å². The first kappa shape index (κ1) is 14.8. The van der Waals surface area contributed by atoms with Gasteiger partial charge in [0.25, 0.3) is 0 Å². The van der Waals surface area contributed by atoms with Crippen LogP contribution >= 0.6 is 11.6 Å². The zero-order valence-corrected chi connectivity index (χ0v) is 12.4. The fourth-order valence-electron chi connectivity index (χ4n) is 1.68. The van der Waals surface area contributed by atoms with Gasteiger partial charge in [0.05, 0.1) is 29.2 Å². The molecule has 2 rings (SSSR count). The van der Waals surface area contributed by atoms with Crippen LogP contribution < -0.4 is 0 Å². The van der Waals surface area contributed by atoms with Crippen molar-refractivity contribution in [3.63, 3.8) is 0 Å². The summed E-state index contributed by atoms with van der Waals surface area (Å²) in [6.07, 6.45) is 0. The Balaban J connectivity index is 2.08. The molecule has 0 saturated carbocycles.